The molecule has 0 aromatic heterocycles. The highest BCUT2D eigenvalue weighted by atomic mass is 16.5. The van der Waals surface area contributed by atoms with Crippen molar-refractivity contribution in [2.75, 3.05) is 0 Å². The maximum absolute atomic E-state index is 11.9. The summed E-state index contributed by atoms with van der Waals surface area (Å²) in [5.74, 6) is 0.213. The van der Waals surface area contributed by atoms with Gasteiger partial charge in [0.05, 0.1) is 11.7 Å². The van der Waals surface area contributed by atoms with Crippen molar-refractivity contribution in [2.24, 2.45) is 0 Å². The Labute approximate surface area is 130 Å². The lowest BCUT2D eigenvalue weighted by Crippen LogP contribution is -2.36. The Balaban J connectivity index is 2.40. The van der Waals surface area contributed by atoms with Crippen LogP contribution in [0.15, 0.2) is 39.9 Å². The summed E-state index contributed by atoms with van der Waals surface area (Å²) in [7, 11) is 0. The number of hydrogen-bond acceptors (Lipinski definition) is 3. The summed E-state index contributed by atoms with van der Waals surface area (Å²) >= 11 is 0. The van der Waals surface area contributed by atoms with Gasteiger partial charge >= 0.3 is 0 Å². The monoisotopic (exact) mass is 298 g/mol. The van der Waals surface area contributed by atoms with Crippen LogP contribution in [0, 0.1) is 0 Å². The molecule has 0 heterocycles. The molecule has 22 heavy (non-hydrogen) atoms. The first-order chi connectivity index (χ1) is 10.5. The molecule has 116 valence electrons. The summed E-state index contributed by atoms with van der Waals surface area (Å²) in [6.45, 7) is 5.83. The molecule has 3 heteroatoms. The third-order valence-corrected chi connectivity index (χ3v) is 3.52. The lowest BCUT2D eigenvalue weighted by Gasteiger charge is -2.14. The van der Waals surface area contributed by atoms with E-state index in [1.165, 1.54) is 0 Å². The third-order valence-electron chi connectivity index (χ3n) is 3.52. The van der Waals surface area contributed by atoms with Crippen LogP contribution in [0.1, 0.15) is 51.2 Å². The van der Waals surface area contributed by atoms with E-state index in [1.807, 2.05) is 50.3 Å². The molecule has 0 aliphatic rings. The smallest absolute Gasteiger partial charge is 0.268 e. The molecule has 0 spiro atoms. The summed E-state index contributed by atoms with van der Waals surface area (Å²) < 4.78 is 5.49. The molecule has 0 aliphatic heterocycles. The van der Waals surface area contributed by atoms with Gasteiger partial charge in [-0.05, 0) is 43.9 Å². The van der Waals surface area contributed by atoms with Crippen molar-refractivity contribution >= 4 is 11.6 Å². The van der Waals surface area contributed by atoms with E-state index in [0.717, 1.165) is 30.4 Å². The second kappa shape index (κ2) is 7.21. The maximum atomic E-state index is 11.9. The van der Waals surface area contributed by atoms with Crippen LogP contribution in [0.25, 0.3) is 11.6 Å². The van der Waals surface area contributed by atoms with Gasteiger partial charge in [-0.1, -0.05) is 43.7 Å². The Morgan fingerprint density at radius 2 is 1.82 bits per heavy atom. The van der Waals surface area contributed by atoms with Crippen molar-refractivity contribution in [1.82, 2.24) is 0 Å². The largest absolute Gasteiger partial charge is 0.486 e. The minimum atomic E-state index is -0.511. The van der Waals surface area contributed by atoms with Gasteiger partial charge in [-0.2, -0.15) is 0 Å². The van der Waals surface area contributed by atoms with Crippen LogP contribution in [-0.2, 0) is 0 Å². The molecule has 0 unspecified atom stereocenters. The fourth-order valence-corrected chi connectivity index (χ4v) is 2.37. The molecule has 0 atom stereocenters. The standard InChI is InChI=1S/C19H22O3/c1-4-5-9-15(14-10-7-6-8-11-14)12-16-17(20)18(21)19(16)22-13(2)3/h6-8,10-13H,4-5,9H2,1-3H3/b15-12+. The zero-order chi connectivity index (χ0) is 16.1. The Kier molecular flexibility index (Phi) is 5.31. The number of rotatable bonds is 7. The van der Waals surface area contributed by atoms with E-state index in [4.69, 9.17) is 4.74 Å². The summed E-state index contributed by atoms with van der Waals surface area (Å²) in [5.41, 5.74) is 1.61. The van der Waals surface area contributed by atoms with Crippen molar-refractivity contribution in [2.45, 2.75) is 46.1 Å². The van der Waals surface area contributed by atoms with Gasteiger partial charge in [0.1, 0.15) is 0 Å². The quantitative estimate of drug-likeness (QED) is 0.730. The molecular weight excluding hydrogens is 276 g/mol. The molecule has 0 saturated heterocycles. The van der Waals surface area contributed by atoms with E-state index >= 15 is 0 Å². The van der Waals surface area contributed by atoms with Crippen molar-refractivity contribution in [3.63, 3.8) is 0 Å². The molecule has 0 saturated carbocycles. The van der Waals surface area contributed by atoms with E-state index in [-0.39, 0.29) is 11.9 Å². The highest BCUT2D eigenvalue weighted by molar-refractivity contribution is 5.84. The zero-order valence-electron chi connectivity index (χ0n) is 13.4. The van der Waals surface area contributed by atoms with Crippen LogP contribution in [0.5, 0.6) is 5.75 Å². The zero-order valence-corrected chi connectivity index (χ0v) is 13.4. The van der Waals surface area contributed by atoms with Gasteiger partial charge in [0.2, 0.25) is 5.43 Å². The lowest BCUT2D eigenvalue weighted by atomic mass is 9.96. The van der Waals surface area contributed by atoms with Crippen molar-refractivity contribution in [3.05, 3.63) is 61.9 Å². The van der Waals surface area contributed by atoms with E-state index in [1.54, 1.807) is 0 Å². The van der Waals surface area contributed by atoms with E-state index < -0.39 is 10.9 Å². The van der Waals surface area contributed by atoms with Gasteiger partial charge in [0, 0.05) is 0 Å². The minimum Gasteiger partial charge on any atom is -0.486 e. The Bertz CT molecular complexity index is 717. The van der Waals surface area contributed by atoms with Crippen LogP contribution in [-0.4, -0.2) is 6.10 Å². The first-order valence-electron chi connectivity index (χ1n) is 7.80. The number of ether oxygens (including phenoxy) is 1. The lowest BCUT2D eigenvalue weighted by molar-refractivity contribution is 0.236. The molecule has 2 rings (SSSR count). The van der Waals surface area contributed by atoms with Crippen LogP contribution in [0.2, 0.25) is 0 Å². The first-order valence-corrected chi connectivity index (χ1v) is 7.80. The van der Waals surface area contributed by atoms with E-state index in [0.29, 0.717) is 5.56 Å². The third kappa shape index (κ3) is 3.53. The number of hydrogen-bond donors (Lipinski definition) is 0. The molecule has 0 N–H and O–H groups in total. The van der Waals surface area contributed by atoms with Crippen LogP contribution < -0.4 is 15.6 Å². The molecule has 0 amide bonds. The van der Waals surface area contributed by atoms with Gasteiger partial charge in [-0.3, -0.25) is 9.59 Å². The van der Waals surface area contributed by atoms with Gasteiger partial charge in [0.25, 0.3) is 5.43 Å². The summed E-state index contributed by atoms with van der Waals surface area (Å²) in [4.78, 5) is 23.5. The Morgan fingerprint density at radius 3 is 2.41 bits per heavy atom. The molecule has 2 aromatic carbocycles. The van der Waals surface area contributed by atoms with Gasteiger partial charge in [0.15, 0.2) is 5.75 Å². The molecule has 0 bridgehead atoms. The fraction of sp³-hybridized carbons (Fsp3) is 0.368. The van der Waals surface area contributed by atoms with Crippen LogP contribution in [0.4, 0.5) is 0 Å². The molecule has 0 aliphatic carbocycles. The van der Waals surface area contributed by atoms with Gasteiger partial charge in [-0.25, -0.2) is 0 Å². The van der Waals surface area contributed by atoms with Gasteiger partial charge in [-0.15, -0.1) is 0 Å². The normalized spacial score (nSPS) is 12.1. The Morgan fingerprint density at radius 1 is 1.14 bits per heavy atom. The average Bonchev–Trinajstić information content (AvgIpc) is 2.53. The van der Waals surface area contributed by atoms with Crippen LogP contribution >= 0.6 is 0 Å². The predicted octanol–water partition coefficient (Wildman–Crippen LogP) is 3.80. The van der Waals surface area contributed by atoms with E-state index in [2.05, 4.69) is 6.92 Å². The summed E-state index contributed by atoms with van der Waals surface area (Å²) in [6, 6.07) is 9.96. The minimum absolute atomic E-state index is 0.119. The van der Waals surface area contributed by atoms with Crippen molar-refractivity contribution in [1.29, 1.82) is 0 Å². The number of allylic oxidation sites excluding steroid dienone is 1. The number of benzene rings is 1. The highest BCUT2D eigenvalue weighted by Crippen LogP contribution is 2.26. The predicted molar refractivity (Wildman–Crippen MR) is 91.0 cm³/mol. The highest BCUT2D eigenvalue weighted by Gasteiger charge is 2.22. The Hall–Kier alpha value is -2.16. The summed E-state index contributed by atoms with van der Waals surface area (Å²) in [5, 5.41) is 0. The molecule has 0 radical (unpaired) electrons. The summed E-state index contributed by atoms with van der Waals surface area (Å²) in [6.07, 6.45) is 4.70. The van der Waals surface area contributed by atoms with E-state index in [9.17, 15) is 9.59 Å². The van der Waals surface area contributed by atoms with Crippen molar-refractivity contribution < 1.29 is 4.74 Å². The molecule has 2 aromatic rings. The molecule has 0 fully saturated rings. The van der Waals surface area contributed by atoms with Gasteiger partial charge < -0.3 is 4.74 Å². The molecular formula is C19H22O3. The number of unbranched alkanes of at least 4 members (excludes halogenated alkanes) is 1. The maximum Gasteiger partial charge on any atom is 0.268 e. The van der Waals surface area contributed by atoms with Crippen LogP contribution in [0.3, 0.4) is 0 Å². The van der Waals surface area contributed by atoms with Crippen molar-refractivity contribution in [3.8, 4) is 5.75 Å². The second-order valence-corrected chi connectivity index (χ2v) is 5.71. The average molecular weight is 298 g/mol. The SMILES string of the molecule is CCCC/C(=C\c1c(OC(C)C)c(=O)c1=O)c1ccccc1. The molecule has 3 nitrogen and oxygen atoms in total. The topological polar surface area (TPSA) is 43.4 Å². The second-order valence-electron chi connectivity index (χ2n) is 5.71. The fourth-order valence-electron chi connectivity index (χ4n) is 2.37. The first kappa shape index (κ1) is 16.2.